The van der Waals surface area contributed by atoms with E-state index in [1.807, 2.05) is 30.4 Å². The van der Waals surface area contributed by atoms with Crippen LogP contribution < -0.4 is 10.1 Å². The van der Waals surface area contributed by atoms with Crippen molar-refractivity contribution in [2.75, 3.05) is 12.4 Å². The van der Waals surface area contributed by atoms with Crippen LogP contribution in [0, 0.1) is 11.3 Å². The number of fused-ring (bicyclic) bond motifs is 1. The number of benzene rings is 2. The summed E-state index contributed by atoms with van der Waals surface area (Å²) in [4.78, 5) is 12.7. The van der Waals surface area contributed by atoms with Crippen LogP contribution in [0.3, 0.4) is 0 Å². The van der Waals surface area contributed by atoms with Crippen LogP contribution in [0.1, 0.15) is 16.8 Å². The van der Waals surface area contributed by atoms with Gasteiger partial charge in [-0.15, -0.1) is 0 Å². The topological polar surface area (TPSA) is 83.7 Å². The molecule has 2 heterocycles. The van der Waals surface area contributed by atoms with Crippen molar-refractivity contribution in [3.63, 3.8) is 0 Å². The molecule has 0 radical (unpaired) electrons. The molecule has 0 saturated heterocycles. The predicted molar refractivity (Wildman–Crippen MR) is 124 cm³/mol. The van der Waals surface area contributed by atoms with Crippen LogP contribution in [-0.4, -0.2) is 22.1 Å². The molecule has 0 aliphatic carbocycles. The molecule has 0 unspecified atom stereocenters. The van der Waals surface area contributed by atoms with Gasteiger partial charge < -0.3 is 10.1 Å². The van der Waals surface area contributed by atoms with Crippen molar-refractivity contribution in [2.24, 2.45) is 0 Å². The van der Waals surface area contributed by atoms with Crippen molar-refractivity contribution in [3.05, 3.63) is 82.0 Å². The molecule has 0 amide bonds. The number of anilines is 2. The highest BCUT2D eigenvalue weighted by Gasteiger charge is 2.14. The molecule has 0 saturated carbocycles. The summed E-state index contributed by atoms with van der Waals surface area (Å²) in [7, 11) is 1.54. The van der Waals surface area contributed by atoms with Crippen LogP contribution in [0.2, 0.25) is 10.0 Å². The number of nitrogens with zero attached hydrogens (tertiary/aromatic N) is 4. The quantitative estimate of drug-likeness (QED) is 0.396. The molecule has 152 valence electrons. The van der Waals surface area contributed by atoms with Crippen LogP contribution in [0.25, 0.3) is 23.1 Å². The van der Waals surface area contributed by atoms with Crippen LogP contribution in [-0.2, 0) is 0 Å². The summed E-state index contributed by atoms with van der Waals surface area (Å²) in [6.07, 6.45) is 10.3. The normalized spacial score (nSPS) is 10.9. The van der Waals surface area contributed by atoms with Crippen molar-refractivity contribution in [3.8, 4) is 11.8 Å². The molecule has 6 nitrogen and oxygen atoms in total. The maximum atomic E-state index is 9.61. The second kappa shape index (κ2) is 9.00. The third-order valence-electron chi connectivity index (χ3n) is 4.54. The van der Waals surface area contributed by atoms with Gasteiger partial charge in [0.25, 0.3) is 0 Å². The molecular formula is C23H15Cl2N5O. The largest absolute Gasteiger partial charge is 0.497 e. The third kappa shape index (κ3) is 4.43. The number of methoxy groups -OCH3 is 1. The second-order valence-corrected chi connectivity index (χ2v) is 7.28. The van der Waals surface area contributed by atoms with E-state index in [4.69, 9.17) is 27.9 Å². The first-order chi connectivity index (χ1) is 15.1. The Morgan fingerprint density at radius 3 is 2.68 bits per heavy atom. The number of hydrogen-bond donors (Lipinski definition) is 1. The van der Waals surface area contributed by atoms with E-state index >= 15 is 0 Å². The number of pyridine rings is 1. The first kappa shape index (κ1) is 20.6. The lowest BCUT2D eigenvalue weighted by Gasteiger charge is -2.15. The average Bonchev–Trinajstić information content (AvgIpc) is 2.81. The van der Waals surface area contributed by atoms with E-state index in [2.05, 4.69) is 26.3 Å². The van der Waals surface area contributed by atoms with Gasteiger partial charge in [-0.3, -0.25) is 15.0 Å². The van der Waals surface area contributed by atoms with Gasteiger partial charge >= 0.3 is 0 Å². The van der Waals surface area contributed by atoms with E-state index in [9.17, 15) is 5.26 Å². The fourth-order valence-electron chi connectivity index (χ4n) is 3.02. The van der Waals surface area contributed by atoms with E-state index in [0.29, 0.717) is 38.2 Å². The maximum Gasteiger partial charge on any atom is 0.122 e. The standard InChI is InChI=1S/C23H15Cl2N5O/c1-31-17-9-19(24)22(25)21(10-17)30-23-15(11-26)12-29-20-8-14(3-5-18(20)23)2-4-16-13-27-6-7-28-16/h2-10,12-13H,1H3,(H,29,30)/b4-2+. The minimum atomic E-state index is 0.333. The monoisotopic (exact) mass is 447 g/mol. The molecule has 2 aromatic heterocycles. The van der Waals surface area contributed by atoms with Crippen LogP contribution in [0.15, 0.2) is 55.1 Å². The molecule has 0 bridgehead atoms. The Bertz CT molecular complexity index is 1330. The molecule has 0 aliphatic rings. The molecule has 8 heteroatoms. The van der Waals surface area contributed by atoms with Gasteiger partial charge in [-0.2, -0.15) is 5.26 Å². The van der Waals surface area contributed by atoms with Gasteiger partial charge in [0.2, 0.25) is 0 Å². The third-order valence-corrected chi connectivity index (χ3v) is 5.34. The molecule has 0 aliphatic heterocycles. The van der Waals surface area contributed by atoms with Gasteiger partial charge in [0.1, 0.15) is 11.8 Å². The molecule has 0 atom stereocenters. The minimum Gasteiger partial charge on any atom is -0.497 e. The first-order valence-corrected chi connectivity index (χ1v) is 9.91. The zero-order valence-electron chi connectivity index (χ0n) is 16.3. The maximum absolute atomic E-state index is 9.61. The second-order valence-electron chi connectivity index (χ2n) is 6.49. The zero-order chi connectivity index (χ0) is 21.8. The van der Waals surface area contributed by atoms with E-state index in [1.54, 1.807) is 37.8 Å². The van der Waals surface area contributed by atoms with Crippen LogP contribution >= 0.6 is 23.2 Å². The Kier molecular flexibility index (Phi) is 5.99. The van der Waals surface area contributed by atoms with Crippen molar-refractivity contribution >= 4 is 57.6 Å². The Balaban J connectivity index is 1.76. The fraction of sp³-hybridized carbons (Fsp3) is 0.0435. The van der Waals surface area contributed by atoms with Gasteiger partial charge in [0.05, 0.1) is 51.5 Å². The van der Waals surface area contributed by atoms with Gasteiger partial charge in [0, 0.05) is 36.1 Å². The lowest BCUT2D eigenvalue weighted by atomic mass is 10.1. The fourth-order valence-corrected chi connectivity index (χ4v) is 3.39. The first-order valence-electron chi connectivity index (χ1n) is 9.16. The van der Waals surface area contributed by atoms with Crippen molar-refractivity contribution in [1.29, 1.82) is 5.26 Å². The Hall–Kier alpha value is -3.66. The zero-order valence-corrected chi connectivity index (χ0v) is 17.8. The molecular weight excluding hydrogens is 433 g/mol. The van der Waals surface area contributed by atoms with Crippen molar-refractivity contribution < 1.29 is 4.74 Å². The summed E-state index contributed by atoms with van der Waals surface area (Å²) < 4.78 is 5.27. The number of aromatic nitrogens is 3. The molecule has 0 spiro atoms. The molecule has 31 heavy (non-hydrogen) atoms. The summed E-state index contributed by atoms with van der Waals surface area (Å²) in [5.74, 6) is 0.546. The summed E-state index contributed by atoms with van der Waals surface area (Å²) in [6, 6.07) is 11.3. The Morgan fingerprint density at radius 2 is 1.94 bits per heavy atom. The molecule has 4 rings (SSSR count). The summed E-state index contributed by atoms with van der Waals surface area (Å²) in [5, 5.41) is 14.3. The van der Waals surface area contributed by atoms with Gasteiger partial charge in [0.15, 0.2) is 0 Å². The lowest BCUT2D eigenvalue weighted by Crippen LogP contribution is -1.98. The number of rotatable bonds is 5. The highest BCUT2D eigenvalue weighted by Crippen LogP contribution is 2.38. The summed E-state index contributed by atoms with van der Waals surface area (Å²) in [6.45, 7) is 0. The molecule has 1 N–H and O–H groups in total. The number of nitrogens with one attached hydrogen (secondary N) is 1. The number of nitriles is 1. The van der Waals surface area contributed by atoms with Gasteiger partial charge in [-0.25, -0.2) is 0 Å². The number of hydrogen-bond acceptors (Lipinski definition) is 6. The van der Waals surface area contributed by atoms with E-state index in [1.165, 1.54) is 6.20 Å². The minimum absolute atomic E-state index is 0.333. The SMILES string of the molecule is COc1cc(Cl)c(Cl)c(Nc2c(C#N)cnc3cc(/C=C/c4cnccn4)ccc23)c1. The van der Waals surface area contributed by atoms with E-state index < -0.39 is 0 Å². The van der Waals surface area contributed by atoms with Gasteiger partial charge in [-0.05, 0) is 17.7 Å². The van der Waals surface area contributed by atoms with Crippen LogP contribution in [0.5, 0.6) is 5.75 Å². The average molecular weight is 448 g/mol. The Labute approximate surface area is 188 Å². The number of ether oxygens (including phenoxy) is 1. The predicted octanol–water partition coefficient (Wildman–Crippen LogP) is 6.13. The van der Waals surface area contributed by atoms with E-state index in [0.717, 1.165) is 16.6 Å². The van der Waals surface area contributed by atoms with E-state index in [-0.39, 0.29) is 0 Å². The van der Waals surface area contributed by atoms with Crippen LogP contribution in [0.4, 0.5) is 11.4 Å². The number of halogens is 2. The highest BCUT2D eigenvalue weighted by atomic mass is 35.5. The highest BCUT2D eigenvalue weighted by molar-refractivity contribution is 6.44. The molecule has 0 fully saturated rings. The summed E-state index contributed by atoms with van der Waals surface area (Å²) in [5.41, 5.74) is 3.90. The Morgan fingerprint density at radius 1 is 1.06 bits per heavy atom. The molecule has 4 aromatic rings. The molecule has 2 aromatic carbocycles. The summed E-state index contributed by atoms with van der Waals surface area (Å²) >= 11 is 12.6. The van der Waals surface area contributed by atoms with Crippen molar-refractivity contribution in [1.82, 2.24) is 15.0 Å². The van der Waals surface area contributed by atoms with Crippen molar-refractivity contribution in [2.45, 2.75) is 0 Å². The lowest BCUT2D eigenvalue weighted by molar-refractivity contribution is 0.415. The smallest absolute Gasteiger partial charge is 0.122 e. The van der Waals surface area contributed by atoms with Gasteiger partial charge in [-0.1, -0.05) is 41.4 Å².